The van der Waals surface area contributed by atoms with Crippen molar-refractivity contribution in [1.29, 1.82) is 5.41 Å². The Balaban J connectivity index is 2.13. The second-order valence-electron chi connectivity index (χ2n) is 5.98. The molecule has 0 spiro atoms. The number of hydrogen-bond donors (Lipinski definition) is 3. The summed E-state index contributed by atoms with van der Waals surface area (Å²) in [4.78, 5) is 0. The van der Waals surface area contributed by atoms with E-state index in [4.69, 9.17) is 11.1 Å². The zero-order valence-corrected chi connectivity index (χ0v) is 12.8. The fourth-order valence-electron chi connectivity index (χ4n) is 3.18. The summed E-state index contributed by atoms with van der Waals surface area (Å²) < 4.78 is 29.4. The molecular weight excluding hydrogens is 276 g/mol. The summed E-state index contributed by atoms with van der Waals surface area (Å²) in [5, 5.41) is 7.81. The minimum Gasteiger partial charge on any atom is -0.386 e. The lowest BCUT2D eigenvalue weighted by atomic mass is 9.82. The molecule has 1 aliphatic heterocycles. The monoisotopic (exact) mass is 302 g/mol. The van der Waals surface area contributed by atoms with Crippen LogP contribution in [0.5, 0.6) is 0 Å². The van der Waals surface area contributed by atoms with Gasteiger partial charge >= 0.3 is 0 Å². The van der Waals surface area contributed by atoms with Crippen molar-refractivity contribution in [3.63, 3.8) is 0 Å². The molecule has 0 bridgehead atoms. The molecule has 0 aromatic carbocycles. The van der Waals surface area contributed by atoms with Gasteiger partial charge in [-0.2, -0.15) is 17.4 Å². The van der Waals surface area contributed by atoms with Crippen LogP contribution in [0.2, 0.25) is 0 Å². The van der Waals surface area contributed by atoms with Gasteiger partial charge in [0.25, 0.3) is 10.2 Å². The van der Waals surface area contributed by atoms with E-state index in [9.17, 15) is 8.42 Å². The van der Waals surface area contributed by atoms with Gasteiger partial charge in [-0.1, -0.05) is 32.1 Å². The van der Waals surface area contributed by atoms with Gasteiger partial charge in [-0.3, -0.25) is 5.41 Å². The summed E-state index contributed by atoms with van der Waals surface area (Å²) in [6.45, 7) is 1.15. The van der Waals surface area contributed by atoms with E-state index in [1.54, 1.807) is 0 Å². The maximum absolute atomic E-state index is 12.6. The van der Waals surface area contributed by atoms with E-state index in [-0.39, 0.29) is 5.84 Å². The van der Waals surface area contributed by atoms with E-state index in [2.05, 4.69) is 4.72 Å². The van der Waals surface area contributed by atoms with Crippen LogP contribution in [-0.4, -0.2) is 37.2 Å². The van der Waals surface area contributed by atoms with E-state index < -0.39 is 15.7 Å². The van der Waals surface area contributed by atoms with Crippen LogP contribution in [0.1, 0.15) is 57.8 Å². The number of nitrogens with one attached hydrogen (secondary N) is 2. The van der Waals surface area contributed by atoms with Crippen molar-refractivity contribution in [3.05, 3.63) is 0 Å². The lowest BCUT2D eigenvalue weighted by Crippen LogP contribution is -2.60. The first-order chi connectivity index (χ1) is 9.46. The predicted molar refractivity (Wildman–Crippen MR) is 79.8 cm³/mol. The smallest absolute Gasteiger partial charge is 0.280 e. The molecule has 0 aromatic heterocycles. The van der Waals surface area contributed by atoms with Gasteiger partial charge in [-0.25, -0.2) is 0 Å². The zero-order chi connectivity index (χ0) is 14.6. The molecule has 1 heterocycles. The van der Waals surface area contributed by atoms with E-state index in [1.807, 2.05) is 0 Å². The van der Waals surface area contributed by atoms with Crippen LogP contribution in [0.4, 0.5) is 0 Å². The lowest BCUT2D eigenvalue weighted by molar-refractivity contribution is 0.331. The van der Waals surface area contributed by atoms with Crippen molar-refractivity contribution in [2.24, 2.45) is 5.73 Å². The Labute approximate surface area is 121 Å². The maximum atomic E-state index is 12.6. The van der Waals surface area contributed by atoms with Crippen molar-refractivity contribution in [3.8, 4) is 0 Å². The van der Waals surface area contributed by atoms with Crippen molar-refractivity contribution in [2.45, 2.75) is 63.3 Å². The largest absolute Gasteiger partial charge is 0.386 e. The Hall–Kier alpha value is -0.660. The van der Waals surface area contributed by atoms with E-state index in [0.717, 1.165) is 44.9 Å². The number of nitrogens with zero attached hydrogens (tertiary/aromatic N) is 1. The molecule has 116 valence electrons. The molecule has 0 atom stereocenters. The first-order valence-corrected chi connectivity index (χ1v) is 9.04. The van der Waals surface area contributed by atoms with Crippen LogP contribution in [0, 0.1) is 5.41 Å². The third-order valence-corrected chi connectivity index (χ3v) is 6.15. The SMILES string of the molecule is N=C(N)C1(NS(=O)(=O)N2CCCCCC2)CCCCC1. The maximum Gasteiger partial charge on any atom is 0.280 e. The third-order valence-electron chi connectivity index (χ3n) is 4.45. The van der Waals surface area contributed by atoms with Crippen molar-refractivity contribution in [2.75, 3.05) is 13.1 Å². The summed E-state index contributed by atoms with van der Waals surface area (Å²) in [5.74, 6) is -0.0457. The van der Waals surface area contributed by atoms with Crippen LogP contribution >= 0.6 is 0 Å². The molecule has 20 heavy (non-hydrogen) atoms. The van der Waals surface area contributed by atoms with Crippen molar-refractivity contribution < 1.29 is 8.42 Å². The molecule has 1 saturated heterocycles. The minimum atomic E-state index is -3.55. The Morgan fingerprint density at radius 1 is 1.00 bits per heavy atom. The Kier molecular flexibility index (Phi) is 5.04. The van der Waals surface area contributed by atoms with Gasteiger partial charge in [0.1, 0.15) is 5.84 Å². The zero-order valence-electron chi connectivity index (χ0n) is 12.0. The fourth-order valence-corrected chi connectivity index (χ4v) is 4.85. The highest BCUT2D eigenvalue weighted by atomic mass is 32.2. The number of rotatable bonds is 4. The summed E-state index contributed by atoms with van der Waals surface area (Å²) in [7, 11) is -3.55. The van der Waals surface area contributed by atoms with Gasteiger partial charge in [0.15, 0.2) is 0 Å². The second-order valence-corrected chi connectivity index (χ2v) is 7.65. The summed E-state index contributed by atoms with van der Waals surface area (Å²) >= 11 is 0. The minimum absolute atomic E-state index is 0.0457. The fraction of sp³-hybridized carbons (Fsp3) is 0.923. The van der Waals surface area contributed by atoms with Gasteiger partial charge < -0.3 is 5.73 Å². The number of nitrogens with two attached hydrogens (primary N) is 1. The Morgan fingerprint density at radius 3 is 2.00 bits per heavy atom. The van der Waals surface area contributed by atoms with Crippen LogP contribution in [-0.2, 0) is 10.2 Å². The van der Waals surface area contributed by atoms with Gasteiger partial charge in [0.2, 0.25) is 0 Å². The van der Waals surface area contributed by atoms with E-state index >= 15 is 0 Å². The highest BCUT2D eigenvalue weighted by Crippen LogP contribution is 2.29. The third kappa shape index (κ3) is 3.51. The molecule has 2 fully saturated rings. The molecule has 2 aliphatic rings. The van der Waals surface area contributed by atoms with Crippen molar-refractivity contribution in [1.82, 2.24) is 9.03 Å². The molecule has 0 amide bonds. The van der Waals surface area contributed by atoms with Crippen molar-refractivity contribution >= 4 is 16.0 Å². The first kappa shape index (κ1) is 15.7. The Morgan fingerprint density at radius 2 is 1.50 bits per heavy atom. The average molecular weight is 302 g/mol. The topological polar surface area (TPSA) is 99.3 Å². The van der Waals surface area contributed by atoms with Crippen LogP contribution in [0.3, 0.4) is 0 Å². The highest BCUT2D eigenvalue weighted by molar-refractivity contribution is 7.87. The van der Waals surface area contributed by atoms with Crippen LogP contribution in [0.25, 0.3) is 0 Å². The number of hydrogen-bond acceptors (Lipinski definition) is 3. The normalized spacial score (nSPS) is 25.0. The van der Waals surface area contributed by atoms with Gasteiger partial charge in [0.05, 0.1) is 5.54 Å². The molecule has 4 N–H and O–H groups in total. The van der Waals surface area contributed by atoms with Crippen LogP contribution in [0.15, 0.2) is 0 Å². The molecule has 7 heteroatoms. The van der Waals surface area contributed by atoms with E-state index in [1.165, 1.54) is 4.31 Å². The lowest BCUT2D eigenvalue weighted by Gasteiger charge is -2.38. The highest BCUT2D eigenvalue weighted by Gasteiger charge is 2.40. The van der Waals surface area contributed by atoms with Gasteiger partial charge in [-0.05, 0) is 25.7 Å². The second kappa shape index (κ2) is 6.41. The summed E-state index contributed by atoms with van der Waals surface area (Å²) in [5.41, 5.74) is 4.85. The Bertz CT molecular complexity index is 435. The summed E-state index contributed by atoms with van der Waals surface area (Å²) in [6, 6.07) is 0. The molecule has 6 nitrogen and oxygen atoms in total. The predicted octanol–water partition coefficient (Wildman–Crippen LogP) is 1.34. The summed E-state index contributed by atoms with van der Waals surface area (Å²) in [6.07, 6.45) is 8.19. The molecule has 1 aliphatic carbocycles. The molecule has 0 radical (unpaired) electrons. The standard InChI is InChI=1S/C13H26N4O2S/c14-12(15)13(8-4-3-5-9-13)16-20(18,19)17-10-6-1-2-7-11-17/h16H,1-11H2,(H3,14,15). The molecule has 0 aromatic rings. The molecular formula is C13H26N4O2S. The van der Waals surface area contributed by atoms with Gasteiger partial charge in [-0.15, -0.1) is 0 Å². The van der Waals surface area contributed by atoms with Crippen LogP contribution < -0.4 is 10.5 Å². The average Bonchev–Trinajstić information content (AvgIpc) is 2.68. The van der Waals surface area contributed by atoms with Gasteiger partial charge in [0, 0.05) is 13.1 Å². The number of amidine groups is 1. The molecule has 1 saturated carbocycles. The van der Waals surface area contributed by atoms with E-state index in [0.29, 0.717) is 25.9 Å². The molecule has 2 rings (SSSR count). The first-order valence-electron chi connectivity index (χ1n) is 7.60. The molecule has 0 unspecified atom stereocenters. The quantitative estimate of drug-likeness (QED) is 0.539.